The largest absolute Gasteiger partial charge is 0.504 e. The summed E-state index contributed by atoms with van der Waals surface area (Å²) in [6.07, 6.45) is 0.748. The summed E-state index contributed by atoms with van der Waals surface area (Å²) < 4.78 is 10.6. The van der Waals surface area contributed by atoms with Crippen molar-refractivity contribution in [3.05, 3.63) is 63.0 Å². The Labute approximate surface area is 142 Å². The molecule has 1 aromatic heterocycles. The van der Waals surface area contributed by atoms with Gasteiger partial charge in [0.05, 0.1) is 17.5 Å². The van der Waals surface area contributed by atoms with Gasteiger partial charge in [0.2, 0.25) is 5.75 Å². The number of hydrogen-bond donors (Lipinski definition) is 2. The third kappa shape index (κ3) is 2.90. The molecule has 3 aromatic rings. The summed E-state index contributed by atoms with van der Waals surface area (Å²) in [5.41, 5.74) is 0.703. The van der Waals surface area contributed by atoms with Crippen molar-refractivity contribution >= 4 is 22.6 Å². The predicted octanol–water partition coefficient (Wildman–Crippen LogP) is 3.65. The van der Waals surface area contributed by atoms with Crippen LogP contribution in [0.1, 0.15) is 11.3 Å². The van der Waals surface area contributed by atoms with Gasteiger partial charge in [-0.3, -0.25) is 4.79 Å². The van der Waals surface area contributed by atoms with Gasteiger partial charge in [-0.25, -0.2) is 0 Å². The molecule has 0 atom stereocenters. The first-order valence-corrected chi connectivity index (χ1v) is 7.68. The molecule has 0 saturated carbocycles. The molecule has 0 saturated heterocycles. The van der Waals surface area contributed by atoms with E-state index in [-0.39, 0.29) is 22.7 Å². The highest BCUT2D eigenvalue weighted by Crippen LogP contribution is 2.38. The smallest absolute Gasteiger partial charge is 0.200 e. The van der Waals surface area contributed by atoms with E-state index < -0.39 is 0 Å². The minimum Gasteiger partial charge on any atom is -0.504 e. The second-order valence-corrected chi connectivity index (χ2v) is 5.72. The highest BCUT2D eigenvalue weighted by atomic mass is 35.5. The van der Waals surface area contributed by atoms with E-state index in [1.807, 2.05) is 0 Å². The van der Waals surface area contributed by atoms with Crippen molar-refractivity contribution in [2.75, 3.05) is 7.11 Å². The first kappa shape index (κ1) is 16.2. The Hall–Kier alpha value is -2.66. The lowest BCUT2D eigenvalue weighted by molar-refractivity contribution is 0.348. The Morgan fingerprint density at radius 3 is 2.67 bits per heavy atom. The van der Waals surface area contributed by atoms with Gasteiger partial charge in [0.15, 0.2) is 22.5 Å². The number of phenols is 2. The van der Waals surface area contributed by atoms with Gasteiger partial charge < -0.3 is 19.4 Å². The number of benzene rings is 2. The summed E-state index contributed by atoms with van der Waals surface area (Å²) >= 11 is 6.08. The van der Waals surface area contributed by atoms with Gasteiger partial charge >= 0.3 is 0 Å². The minimum atomic E-state index is -0.307. The molecule has 2 N–H and O–H groups in total. The molecule has 0 aliphatic carbocycles. The normalized spacial score (nSPS) is 10.9. The van der Waals surface area contributed by atoms with Crippen molar-refractivity contribution < 1.29 is 19.4 Å². The average molecular weight is 347 g/mol. The number of rotatable bonds is 4. The third-order valence-electron chi connectivity index (χ3n) is 3.82. The number of para-hydroxylation sites is 1. The lowest BCUT2D eigenvalue weighted by atomic mass is 10.1. The van der Waals surface area contributed by atoms with Gasteiger partial charge in [0, 0.05) is 12.5 Å². The van der Waals surface area contributed by atoms with Crippen molar-refractivity contribution in [2.24, 2.45) is 0 Å². The Morgan fingerprint density at radius 2 is 1.92 bits per heavy atom. The van der Waals surface area contributed by atoms with Gasteiger partial charge in [0.1, 0.15) is 5.76 Å². The quantitative estimate of drug-likeness (QED) is 0.705. The van der Waals surface area contributed by atoms with Crippen LogP contribution in [-0.2, 0) is 12.8 Å². The topological polar surface area (TPSA) is 79.9 Å². The summed E-state index contributed by atoms with van der Waals surface area (Å²) in [4.78, 5) is 12.1. The summed E-state index contributed by atoms with van der Waals surface area (Å²) in [5.74, 6) is 0.101. The van der Waals surface area contributed by atoms with Crippen LogP contribution >= 0.6 is 11.6 Å². The molecule has 0 radical (unpaired) electrons. The molecule has 0 spiro atoms. The maximum Gasteiger partial charge on any atom is 0.200 e. The standard InChI is InChI=1S/C18H15ClO5/c1-23-15-8-6-10(16(21)17(15)22)5-7-11-9-14(20)12-3-2-4-13(19)18(12)24-11/h2-4,6,8-9,21-22H,5,7H2,1H3. The van der Waals surface area contributed by atoms with E-state index >= 15 is 0 Å². The van der Waals surface area contributed by atoms with E-state index in [0.717, 1.165) is 0 Å². The van der Waals surface area contributed by atoms with E-state index in [1.165, 1.54) is 13.2 Å². The Morgan fingerprint density at radius 1 is 1.12 bits per heavy atom. The van der Waals surface area contributed by atoms with Crippen LogP contribution < -0.4 is 10.2 Å². The number of phenolic OH excluding ortho intramolecular Hbond substituents is 2. The molecule has 124 valence electrons. The van der Waals surface area contributed by atoms with Crippen LogP contribution in [0, 0.1) is 0 Å². The highest BCUT2D eigenvalue weighted by Gasteiger charge is 2.13. The zero-order valence-electron chi connectivity index (χ0n) is 12.9. The number of fused-ring (bicyclic) bond motifs is 1. The first-order valence-electron chi connectivity index (χ1n) is 7.30. The van der Waals surface area contributed by atoms with Crippen molar-refractivity contribution in [3.63, 3.8) is 0 Å². The molecular weight excluding hydrogens is 332 g/mol. The Kier molecular flexibility index (Phi) is 4.36. The number of halogens is 1. The van der Waals surface area contributed by atoms with Gasteiger partial charge in [0.25, 0.3) is 0 Å². The second kappa shape index (κ2) is 6.45. The fourth-order valence-corrected chi connectivity index (χ4v) is 2.75. The molecule has 6 heteroatoms. The third-order valence-corrected chi connectivity index (χ3v) is 4.11. The van der Waals surface area contributed by atoms with Gasteiger partial charge in [-0.05, 0) is 30.2 Å². The van der Waals surface area contributed by atoms with Gasteiger partial charge in [-0.2, -0.15) is 0 Å². The van der Waals surface area contributed by atoms with Crippen molar-refractivity contribution in [1.82, 2.24) is 0 Å². The van der Waals surface area contributed by atoms with Gasteiger partial charge in [-0.15, -0.1) is 0 Å². The number of hydrogen-bond acceptors (Lipinski definition) is 5. The number of aromatic hydroxyl groups is 2. The summed E-state index contributed by atoms with van der Waals surface area (Å²) in [7, 11) is 1.40. The van der Waals surface area contributed by atoms with Crippen molar-refractivity contribution in [2.45, 2.75) is 12.8 Å². The van der Waals surface area contributed by atoms with E-state index in [0.29, 0.717) is 40.2 Å². The SMILES string of the molecule is COc1ccc(CCc2cc(=O)c3cccc(Cl)c3o2)c(O)c1O. The van der Waals surface area contributed by atoms with E-state index in [4.69, 9.17) is 20.8 Å². The monoisotopic (exact) mass is 346 g/mol. The molecule has 2 aromatic carbocycles. The lowest BCUT2D eigenvalue weighted by Gasteiger charge is -2.10. The molecule has 24 heavy (non-hydrogen) atoms. The van der Waals surface area contributed by atoms with Crippen LogP contribution in [0.15, 0.2) is 45.6 Å². The van der Waals surface area contributed by atoms with E-state index in [1.54, 1.807) is 30.3 Å². The van der Waals surface area contributed by atoms with E-state index in [9.17, 15) is 15.0 Å². The Balaban J connectivity index is 1.90. The lowest BCUT2D eigenvalue weighted by Crippen LogP contribution is -2.03. The minimum absolute atomic E-state index is 0.171. The highest BCUT2D eigenvalue weighted by molar-refractivity contribution is 6.34. The molecule has 3 rings (SSSR count). The molecule has 0 fully saturated rings. The molecular formula is C18H15ClO5. The van der Waals surface area contributed by atoms with Gasteiger partial charge in [-0.1, -0.05) is 23.7 Å². The number of methoxy groups -OCH3 is 1. The zero-order valence-corrected chi connectivity index (χ0v) is 13.6. The Bertz CT molecular complexity index is 962. The van der Waals surface area contributed by atoms with Crippen LogP contribution in [0.3, 0.4) is 0 Å². The maximum absolute atomic E-state index is 12.1. The molecule has 0 bridgehead atoms. The fraction of sp³-hybridized carbons (Fsp3) is 0.167. The zero-order chi connectivity index (χ0) is 17.3. The molecule has 1 heterocycles. The maximum atomic E-state index is 12.1. The molecule has 0 amide bonds. The predicted molar refractivity (Wildman–Crippen MR) is 91.2 cm³/mol. The summed E-state index contributed by atoms with van der Waals surface area (Å²) in [6.45, 7) is 0. The fourth-order valence-electron chi connectivity index (χ4n) is 2.54. The molecule has 5 nitrogen and oxygen atoms in total. The average Bonchev–Trinajstić information content (AvgIpc) is 2.57. The second-order valence-electron chi connectivity index (χ2n) is 5.32. The van der Waals surface area contributed by atoms with Crippen LogP contribution in [0.4, 0.5) is 0 Å². The van der Waals surface area contributed by atoms with E-state index in [2.05, 4.69) is 0 Å². The van der Waals surface area contributed by atoms with Crippen LogP contribution in [0.25, 0.3) is 11.0 Å². The number of ether oxygens (including phenoxy) is 1. The first-order chi connectivity index (χ1) is 11.5. The van der Waals surface area contributed by atoms with Crippen molar-refractivity contribution in [1.29, 1.82) is 0 Å². The summed E-state index contributed by atoms with van der Waals surface area (Å²) in [5, 5.41) is 20.6. The van der Waals surface area contributed by atoms with Crippen LogP contribution in [0.2, 0.25) is 5.02 Å². The summed E-state index contributed by atoms with van der Waals surface area (Å²) in [6, 6.07) is 9.64. The number of aryl methyl sites for hydroxylation is 2. The molecule has 0 aliphatic heterocycles. The van der Waals surface area contributed by atoms with Crippen LogP contribution in [0.5, 0.6) is 17.2 Å². The van der Waals surface area contributed by atoms with Crippen LogP contribution in [-0.4, -0.2) is 17.3 Å². The van der Waals surface area contributed by atoms with Crippen molar-refractivity contribution in [3.8, 4) is 17.2 Å². The molecule has 0 unspecified atom stereocenters. The molecule has 0 aliphatic rings.